The Morgan fingerprint density at radius 2 is 1.86 bits per heavy atom. The number of nitrogens with zero attached hydrogens (tertiary/aromatic N) is 2. The number of fused-ring (bicyclic) bond motifs is 2. The van der Waals surface area contributed by atoms with Gasteiger partial charge in [-0.05, 0) is 18.6 Å². The lowest BCUT2D eigenvalue weighted by molar-refractivity contribution is 0.102. The minimum Gasteiger partial charge on any atom is -0.358 e. The van der Waals surface area contributed by atoms with Crippen LogP contribution in [0.3, 0.4) is 0 Å². The molecule has 0 aliphatic rings. The van der Waals surface area contributed by atoms with Crippen LogP contribution in [-0.2, 0) is 0 Å². The van der Waals surface area contributed by atoms with Gasteiger partial charge in [0.25, 0.3) is 0 Å². The Hall–Kier alpha value is -2.96. The van der Waals surface area contributed by atoms with E-state index in [1.165, 1.54) is 11.8 Å². The van der Waals surface area contributed by atoms with Crippen LogP contribution < -0.4 is 0 Å². The molecule has 4 nitrogen and oxygen atoms in total. The number of Topliss-reactive ketones (excluding diaryl/α,β-unsaturated/α-hetero) is 1. The number of H-pyrrole nitrogens is 1. The van der Waals surface area contributed by atoms with Crippen LogP contribution in [0.1, 0.15) is 16.1 Å². The van der Waals surface area contributed by atoms with Crippen LogP contribution in [0.25, 0.3) is 32.2 Å². The van der Waals surface area contributed by atoms with Gasteiger partial charge in [0.2, 0.25) is 0 Å². The molecule has 0 amide bonds. The normalized spacial score (nSPS) is 11.3. The fourth-order valence-electron chi connectivity index (χ4n) is 3.63. The maximum absolute atomic E-state index is 13.1. The maximum atomic E-state index is 13.1. The van der Waals surface area contributed by atoms with Gasteiger partial charge in [-0.3, -0.25) is 4.79 Å². The summed E-state index contributed by atoms with van der Waals surface area (Å²) in [6, 6.07) is 18.2. The molecule has 0 saturated carbocycles. The van der Waals surface area contributed by atoms with Crippen molar-refractivity contribution in [3.8, 4) is 11.1 Å². The molecule has 1 N–H and O–H groups in total. The van der Waals surface area contributed by atoms with E-state index in [0.29, 0.717) is 5.75 Å². The second-order valence-corrected chi connectivity index (χ2v) is 8.58. The van der Waals surface area contributed by atoms with E-state index in [-0.39, 0.29) is 5.78 Å². The van der Waals surface area contributed by atoms with Gasteiger partial charge < -0.3 is 4.98 Å². The molecular formula is C23H17N3OS2. The number of rotatable bonds is 5. The van der Waals surface area contributed by atoms with Crippen LogP contribution >= 0.6 is 23.1 Å². The topological polar surface area (TPSA) is 58.6 Å². The molecule has 0 spiro atoms. The van der Waals surface area contributed by atoms with E-state index in [2.05, 4.69) is 32.5 Å². The Kier molecular flexibility index (Phi) is 4.66. The summed E-state index contributed by atoms with van der Waals surface area (Å²) in [6.07, 6.45) is 1.58. The average molecular weight is 416 g/mol. The Labute approximate surface area is 176 Å². The number of aromatic nitrogens is 3. The Morgan fingerprint density at radius 1 is 1.07 bits per heavy atom. The van der Waals surface area contributed by atoms with Crippen molar-refractivity contribution in [1.82, 2.24) is 15.0 Å². The van der Waals surface area contributed by atoms with Gasteiger partial charge in [0.1, 0.15) is 16.2 Å². The number of nitrogens with one attached hydrogen (secondary N) is 1. The van der Waals surface area contributed by atoms with Gasteiger partial charge in [-0.25, -0.2) is 9.97 Å². The number of thiophene rings is 1. The van der Waals surface area contributed by atoms with Crippen LogP contribution in [0.4, 0.5) is 0 Å². The van der Waals surface area contributed by atoms with E-state index in [1.807, 2.05) is 49.4 Å². The van der Waals surface area contributed by atoms with Crippen molar-refractivity contribution in [3.05, 3.63) is 77.6 Å². The summed E-state index contributed by atoms with van der Waals surface area (Å²) in [5.41, 5.74) is 4.92. The molecule has 0 saturated heterocycles. The van der Waals surface area contributed by atoms with E-state index in [1.54, 1.807) is 17.7 Å². The molecular weight excluding hydrogens is 398 g/mol. The fourth-order valence-corrected chi connectivity index (χ4v) is 5.49. The third-order valence-electron chi connectivity index (χ3n) is 4.93. The predicted octanol–water partition coefficient (Wildman–Crippen LogP) is 6.12. The van der Waals surface area contributed by atoms with Crippen molar-refractivity contribution in [2.75, 3.05) is 5.75 Å². The monoisotopic (exact) mass is 415 g/mol. The second kappa shape index (κ2) is 7.46. The number of aryl methyl sites for hydroxylation is 1. The smallest absolute Gasteiger partial charge is 0.175 e. The van der Waals surface area contributed by atoms with Crippen molar-refractivity contribution < 1.29 is 4.79 Å². The number of aromatic amines is 1. The van der Waals surface area contributed by atoms with Crippen molar-refractivity contribution in [1.29, 1.82) is 0 Å². The zero-order chi connectivity index (χ0) is 19.8. The summed E-state index contributed by atoms with van der Waals surface area (Å²) in [6.45, 7) is 1.95. The van der Waals surface area contributed by atoms with Gasteiger partial charge in [-0.15, -0.1) is 11.3 Å². The molecule has 3 aromatic heterocycles. The number of para-hydroxylation sites is 1. The van der Waals surface area contributed by atoms with E-state index in [4.69, 9.17) is 0 Å². The summed E-state index contributed by atoms with van der Waals surface area (Å²) in [5.74, 6) is 0.437. The van der Waals surface area contributed by atoms with Gasteiger partial charge in [0, 0.05) is 33.1 Å². The van der Waals surface area contributed by atoms with Gasteiger partial charge in [-0.1, -0.05) is 60.3 Å². The van der Waals surface area contributed by atoms with Crippen LogP contribution in [0, 0.1) is 6.92 Å². The molecule has 0 aliphatic carbocycles. The number of carbonyl (C=O) groups excluding carboxylic acids is 1. The van der Waals surface area contributed by atoms with E-state index in [9.17, 15) is 4.79 Å². The van der Waals surface area contributed by atoms with Crippen LogP contribution in [0.5, 0.6) is 0 Å². The molecule has 0 aliphatic heterocycles. The minimum absolute atomic E-state index is 0.105. The number of thioether (sulfide) groups is 1. The van der Waals surface area contributed by atoms with Crippen LogP contribution in [-0.4, -0.2) is 26.5 Å². The summed E-state index contributed by atoms with van der Waals surface area (Å²) in [7, 11) is 0. The highest BCUT2D eigenvalue weighted by atomic mass is 32.2. The van der Waals surface area contributed by atoms with Gasteiger partial charge in [0.05, 0.1) is 11.1 Å². The number of benzene rings is 2. The van der Waals surface area contributed by atoms with Crippen molar-refractivity contribution in [2.45, 2.75) is 11.9 Å². The lowest BCUT2D eigenvalue weighted by atomic mass is 10.1. The predicted molar refractivity (Wildman–Crippen MR) is 121 cm³/mol. The third-order valence-corrected chi connectivity index (χ3v) is 6.81. The molecule has 0 unspecified atom stereocenters. The van der Waals surface area contributed by atoms with Gasteiger partial charge in [-0.2, -0.15) is 0 Å². The average Bonchev–Trinajstić information content (AvgIpc) is 3.33. The summed E-state index contributed by atoms with van der Waals surface area (Å²) in [5, 5.41) is 4.96. The van der Waals surface area contributed by atoms with Crippen LogP contribution in [0.2, 0.25) is 0 Å². The Morgan fingerprint density at radius 3 is 2.72 bits per heavy atom. The zero-order valence-electron chi connectivity index (χ0n) is 15.7. The molecule has 5 aromatic rings. The first kappa shape index (κ1) is 18.1. The minimum atomic E-state index is 0.105. The molecule has 6 heteroatoms. The summed E-state index contributed by atoms with van der Waals surface area (Å²) >= 11 is 3.08. The molecule has 3 heterocycles. The first-order chi connectivity index (χ1) is 14.2. The quantitative estimate of drug-likeness (QED) is 0.213. The summed E-state index contributed by atoms with van der Waals surface area (Å²) < 4.78 is 0. The molecule has 0 fully saturated rings. The summed E-state index contributed by atoms with van der Waals surface area (Å²) in [4.78, 5) is 26.2. The van der Waals surface area contributed by atoms with E-state index in [0.717, 1.165) is 48.5 Å². The molecule has 142 valence electrons. The number of carbonyl (C=O) groups is 1. The molecule has 0 atom stereocenters. The number of hydrogen-bond acceptors (Lipinski definition) is 5. The SMILES string of the molecule is Cc1[nH]c2ccccc2c1C(=O)CSc1ncnc2scc(-c3ccccc3)c12. The highest BCUT2D eigenvalue weighted by Gasteiger charge is 2.18. The second-order valence-electron chi connectivity index (χ2n) is 6.76. The lowest BCUT2D eigenvalue weighted by Gasteiger charge is -2.05. The Bertz CT molecular complexity index is 1340. The standard InChI is InChI=1S/C23H17N3OS2/c1-14-20(16-9-5-6-10-18(16)26-14)19(27)12-29-23-21-17(15-7-3-2-4-8-15)11-28-22(21)24-13-25-23/h2-11,13,26H,12H2,1H3. The molecule has 0 bridgehead atoms. The highest BCUT2D eigenvalue weighted by molar-refractivity contribution is 8.00. The van der Waals surface area contributed by atoms with Gasteiger partial charge >= 0.3 is 0 Å². The fraction of sp³-hybridized carbons (Fsp3) is 0.0870. The van der Waals surface area contributed by atoms with Crippen LogP contribution in [0.15, 0.2) is 71.3 Å². The maximum Gasteiger partial charge on any atom is 0.175 e. The number of ketones is 1. The molecule has 29 heavy (non-hydrogen) atoms. The van der Waals surface area contributed by atoms with Crippen molar-refractivity contribution in [2.24, 2.45) is 0 Å². The largest absolute Gasteiger partial charge is 0.358 e. The van der Waals surface area contributed by atoms with Crippen molar-refractivity contribution in [3.63, 3.8) is 0 Å². The number of hydrogen-bond donors (Lipinski definition) is 1. The lowest BCUT2D eigenvalue weighted by Crippen LogP contribution is -2.04. The molecule has 2 aromatic carbocycles. The first-order valence-corrected chi connectivity index (χ1v) is 11.1. The van der Waals surface area contributed by atoms with Gasteiger partial charge in [0.15, 0.2) is 5.78 Å². The van der Waals surface area contributed by atoms with E-state index < -0.39 is 0 Å². The highest BCUT2D eigenvalue weighted by Crippen LogP contribution is 2.38. The zero-order valence-corrected chi connectivity index (χ0v) is 17.3. The van der Waals surface area contributed by atoms with E-state index >= 15 is 0 Å². The molecule has 0 radical (unpaired) electrons. The molecule has 5 rings (SSSR count). The third kappa shape index (κ3) is 3.24. The Balaban J connectivity index is 1.49. The first-order valence-electron chi connectivity index (χ1n) is 9.23. The van der Waals surface area contributed by atoms with Crippen molar-refractivity contribution >= 4 is 50.0 Å².